The molecule has 0 saturated carbocycles. The number of nitrogens with one attached hydrogen (secondary N) is 1. The van der Waals surface area contributed by atoms with Crippen molar-refractivity contribution in [2.75, 3.05) is 7.05 Å². The van der Waals surface area contributed by atoms with Crippen LogP contribution in [0.3, 0.4) is 0 Å². The first-order valence-electron chi connectivity index (χ1n) is 5.93. The van der Waals surface area contributed by atoms with E-state index in [1.165, 1.54) is 5.56 Å². The Bertz CT molecular complexity index is 494. The van der Waals surface area contributed by atoms with Crippen LogP contribution in [0.2, 0.25) is 0 Å². The van der Waals surface area contributed by atoms with Gasteiger partial charge in [0.15, 0.2) is 0 Å². The van der Waals surface area contributed by atoms with Gasteiger partial charge in [-0.25, -0.2) is 0 Å². The second kappa shape index (κ2) is 6.19. The third-order valence-electron chi connectivity index (χ3n) is 2.68. The first kappa shape index (κ1) is 12.6. The quantitative estimate of drug-likeness (QED) is 0.848. The fraction of sp³-hybridized carbons (Fsp3) is 0.200. The maximum absolute atomic E-state index is 9.22. The van der Waals surface area contributed by atoms with Gasteiger partial charge in [0.1, 0.15) is 11.5 Å². The van der Waals surface area contributed by atoms with Crippen LogP contribution in [0.4, 0.5) is 0 Å². The zero-order chi connectivity index (χ0) is 12.8. The molecule has 0 aliphatic rings. The Morgan fingerprint density at radius 2 is 1.78 bits per heavy atom. The van der Waals surface area contributed by atoms with Crippen molar-refractivity contribution in [2.24, 2.45) is 0 Å². The van der Waals surface area contributed by atoms with E-state index in [2.05, 4.69) is 5.32 Å². The van der Waals surface area contributed by atoms with Crippen molar-refractivity contribution in [3.05, 3.63) is 59.7 Å². The fourth-order valence-corrected chi connectivity index (χ4v) is 1.74. The first-order chi connectivity index (χ1) is 8.83. The predicted octanol–water partition coefficient (Wildman–Crippen LogP) is 2.69. The van der Waals surface area contributed by atoms with Crippen molar-refractivity contribution < 1.29 is 9.84 Å². The van der Waals surface area contributed by atoms with Crippen molar-refractivity contribution in [1.29, 1.82) is 0 Å². The van der Waals surface area contributed by atoms with E-state index < -0.39 is 0 Å². The summed E-state index contributed by atoms with van der Waals surface area (Å²) in [7, 11) is 1.92. The minimum Gasteiger partial charge on any atom is -0.457 e. The van der Waals surface area contributed by atoms with Crippen molar-refractivity contribution in [2.45, 2.75) is 13.2 Å². The van der Waals surface area contributed by atoms with E-state index >= 15 is 0 Å². The molecule has 0 radical (unpaired) electrons. The van der Waals surface area contributed by atoms with Gasteiger partial charge in [-0.05, 0) is 30.8 Å². The second-order valence-electron chi connectivity index (χ2n) is 4.04. The average molecular weight is 243 g/mol. The fourth-order valence-electron chi connectivity index (χ4n) is 1.74. The summed E-state index contributed by atoms with van der Waals surface area (Å²) in [6, 6.07) is 15.4. The van der Waals surface area contributed by atoms with Crippen LogP contribution in [0.1, 0.15) is 11.1 Å². The average Bonchev–Trinajstić information content (AvgIpc) is 2.42. The standard InChI is InChI=1S/C15H17NO2/c1-16-10-12-6-8-14(9-7-12)18-15-5-3-2-4-13(15)11-17/h2-9,16-17H,10-11H2,1H3. The van der Waals surface area contributed by atoms with E-state index in [4.69, 9.17) is 4.74 Å². The molecule has 0 unspecified atom stereocenters. The Morgan fingerprint density at radius 3 is 2.44 bits per heavy atom. The van der Waals surface area contributed by atoms with Crippen LogP contribution in [0.15, 0.2) is 48.5 Å². The molecule has 2 rings (SSSR count). The van der Waals surface area contributed by atoms with Crippen molar-refractivity contribution >= 4 is 0 Å². The largest absolute Gasteiger partial charge is 0.457 e. The number of aliphatic hydroxyl groups is 1. The van der Waals surface area contributed by atoms with Crippen LogP contribution in [-0.2, 0) is 13.2 Å². The molecule has 2 aromatic rings. The molecule has 3 heteroatoms. The highest BCUT2D eigenvalue weighted by molar-refractivity contribution is 5.38. The van der Waals surface area contributed by atoms with Crippen LogP contribution in [0.25, 0.3) is 0 Å². The summed E-state index contributed by atoms with van der Waals surface area (Å²) in [6.45, 7) is 0.821. The maximum atomic E-state index is 9.22. The Hall–Kier alpha value is -1.84. The monoisotopic (exact) mass is 243 g/mol. The maximum Gasteiger partial charge on any atom is 0.132 e. The molecular weight excluding hydrogens is 226 g/mol. The Kier molecular flexibility index (Phi) is 4.34. The molecule has 0 spiro atoms. The number of aliphatic hydroxyl groups excluding tert-OH is 1. The van der Waals surface area contributed by atoms with E-state index in [0.717, 1.165) is 17.9 Å². The second-order valence-corrected chi connectivity index (χ2v) is 4.04. The van der Waals surface area contributed by atoms with E-state index in [0.29, 0.717) is 5.75 Å². The lowest BCUT2D eigenvalue weighted by atomic mass is 10.2. The lowest BCUT2D eigenvalue weighted by molar-refractivity contribution is 0.276. The van der Waals surface area contributed by atoms with Crippen LogP contribution in [-0.4, -0.2) is 12.2 Å². The zero-order valence-electron chi connectivity index (χ0n) is 10.4. The van der Waals surface area contributed by atoms with Gasteiger partial charge in [0, 0.05) is 12.1 Å². The van der Waals surface area contributed by atoms with Crippen LogP contribution in [0.5, 0.6) is 11.5 Å². The summed E-state index contributed by atoms with van der Waals surface area (Å²) in [5, 5.41) is 12.3. The zero-order valence-corrected chi connectivity index (χ0v) is 10.4. The highest BCUT2D eigenvalue weighted by atomic mass is 16.5. The van der Waals surface area contributed by atoms with E-state index in [1.807, 2.05) is 55.6 Å². The van der Waals surface area contributed by atoms with Gasteiger partial charge in [-0.2, -0.15) is 0 Å². The van der Waals surface area contributed by atoms with Crippen molar-refractivity contribution in [1.82, 2.24) is 5.32 Å². The van der Waals surface area contributed by atoms with Gasteiger partial charge in [-0.3, -0.25) is 0 Å². The predicted molar refractivity (Wildman–Crippen MR) is 71.6 cm³/mol. The SMILES string of the molecule is CNCc1ccc(Oc2ccccc2CO)cc1. The lowest BCUT2D eigenvalue weighted by Gasteiger charge is -2.10. The molecule has 0 fully saturated rings. The molecule has 3 nitrogen and oxygen atoms in total. The van der Waals surface area contributed by atoms with Gasteiger partial charge in [0.05, 0.1) is 6.61 Å². The first-order valence-corrected chi connectivity index (χ1v) is 5.93. The van der Waals surface area contributed by atoms with Gasteiger partial charge < -0.3 is 15.2 Å². The summed E-state index contributed by atoms with van der Waals surface area (Å²) in [6.07, 6.45) is 0. The number of rotatable bonds is 5. The summed E-state index contributed by atoms with van der Waals surface area (Å²) in [4.78, 5) is 0. The Morgan fingerprint density at radius 1 is 1.06 bits per heavy atom. The summed E-state index contributed by atoms with van der Waals surface area (Å²) in [5.74, 6) is 1.47. The topological polar surface area (TPSA) is 41.5 Å². The number of para-hydroxylation sites is 1. The van der Waals surface area contributed by atoms with E-state index in [-0.39, 0.29) is 6.61 Å². The molecule has 18 heavy (non-hydrogen) atoms. The molecular formula is C15H17NO2. The molecule has 0 aromatic heterocycles. The number of hydrogen-bond donors (Lipinski definition) is 2. The molecule has 0 saturated heterocycles. The summed E-state index contributed by atoms with van der Waals surface area (Å²) >= 11 is 0. The molecule has 0 bridgehead atoms. The molecule has 0 atom stereocenters. The molecule has 0 amide bonds. The number of hydrogen-bond acceptors (Lipinski definition) is 3. The minimum atomic E-state index is -0.0198. The molecule has 0 aliphatic carbocycles. The van der Waals surface area contributed by atoms with Gasteiger partial charge in [0.25, 0.3) is 0 Å². The Balaban J connectivity index is 2.13. The molecule has 94 valence electrons. The van der Waals surface area contributed by atoms with Crippen LogP contribution >= 0.6 is 0 Å². The third kappa shape index (κ3) is 3.09. The minimum absolute atomic E-state index is 0.0198. The summed E-state index contributed by atoms with van der Waals surface area (Å²) in [5.41, 5.74) is 2.00. The van der Waals surface area contributed by atoms with E-state index in [1.54, 1.807) is 0 Å². The third-order valence-corrected chi connectivity index (χ3v) is 2.68. The van der Waals surface area contributed by atoms with Crippen LogP contribution in [0, 0.1) is 0 Å². The molecule has 2 aromatic carbocycles. The van der Waals surface area contributed by atoms with Gasteiger partial charge in [0.2, 0.25) is 0 Å². The smallest absolute Gasteiger partial charge is 0.132 e. The molecule has 0 heterocycles. The van der Waals surface area contributed by atoms with Crippen molar-refractivity contribution in [3.8, 4) is 11.5 Å². The molecule has 0 aliphatic heterocycles. The highest BCUT2D eigenvalue weighted by Crippen LogP contribution is 2.25. The van der Waals surface area contributed by atoms with Crippen LogP contribution < -0.4 is 10.1 Å². The van der Waals surface area contributed by atoms with Crippen molar-refractivity contribution in [3.63, 3.8) is 0 Å². The van der Waals surface area contributed by atoms with Gasteiger partial charge in [-0.1, -0.05) is 30.3 Å². The number of ether oxygens (including phenoxy) is 1. The highest BCUT2D eigenvalue weighted by Gasteiger charge is 2.03. The lowest BCUT2D eigenvalue weighted by Crippen LogP contribution is -2.04. The van der Waals surface area contributed by atoms with Gasteiger partial charge >= 0.3 is 0 Å². The molecule has 2 N–H and O–H groups in total. The number of benzene rings is 2. The van der Waals surface area contributed by atoms with Gasteiger partial charge in [-0.15, -0.1) is 0 Å². The summed E-state index contributed by atoms with van der Waals surface area (Å²) < 4.78 is 5.75. The Labute approximate surface area is 107 Å². The normalized spacial score (nSPS) is 10.3. The van der Waals surface area contributed by atoms with E-state index in [9.17, 15) is 5.11 Å².